The average molecular weight is 416 g/mol. The molecule has 1 aliphatic rings. The first-order valence-corrected chi connectivity index (χ1v) is 10.5. The largest absolute Gasteiger partial charge is 0.369 e. The first-order chi connectivity index (χ1) is 13.4. The molecule has 0 amide bonds. The standard InChI is InChI=1S/C19H18ClN5O2S/c20-13-8-9-17-15(10-13)16(18(12-6-7-12)23-24-19(21)22)11-25(17)28(26,27)14-4-2-1-3-5-14/h1-5,8-12H,6-7H2,(H4,21,22,24)/b23-18-. The van der Waals surface area contributed by atoms with E-state index in [1.165, 1.54) is 3.97 Å². The summed E-state index contributed by atoms with van der Waals surface area (Å²) in [5.74, 6) is -0.0962. The van der Waals surface area contributed by atoms with Crippen molar-refractivity contribution >= 4 is 44.2 Å². The van der Waals surface area contributed by atoms with Gasteiger partial charge in [-0.3, -0.25) is 5.41 Å². The highest BCUT2D eigenvalue weighted by molar-refractivity contribution is 7.90. The second-order valence-corrected chi connectivity index (χ2v) is 8.87. The van der Waals surface area contributed by atoms with Gasteiger partial charge in [0.2, 0.25) is 5.96 Å². The third kappa shape index (κ3) is 3.36. The summed E-state index contributed by atoms with van der Waals surface area (Å²) in [4.78, 5) is 0.195. The summed E-state index contributed by atoms with van der Waals surface area (Å²) in [5.41, 5.74) is 9.70. The molecule has 0 atom stereocenters. The van der Waals surface area contributed by atoms with Crippen molar-refractivity contribution in [1.82, 2.24) is 9.40 Å². The Balaban J connectivity index is 1.95. The van der Waals surface area contributed by atoms with Crippen LogP contribution >= 0.6 is 11.6 Å². The number of nitrogens with two attached hydrogens (primary N) is 1. The van der Waals surface area contributed by atoms with E-state index in [2.05, 4.69) is 10.5 Å². The van der Waals surface area contributed by atoms with Crippen LogP contribution in [0.25, 0.3) is 10.9 Å². The number of hydrogen-bond donors (Lipinski definition) is 3. The fourth-order valence-corrected chi connectivity index (χ4v) is 4.69. The molecule has 0 aliphatic heterocycles. The molecule has 1 saturated carbocycles. The minimum absolute atomic E-state index is 0.185. The van der Waals surface area contributed by atoms with Crippen molar-refractivity contribution in [1.29, 1.82) is 5.41 Å². The maximum atomic E-state index is 13.2. The van der Waals surface area contributed by atoms with Gasteiger partial charge in [-0.15, -0.1) is 0 Å². The van der Waals surface area contributed by atoms with E-state index in [0.717, 1.165) is 12.8 Å². The molecule has 0 spiro atoms. The number of fused-ring (bicyclic) bond motifs is 1. The molecule has 1 aliphatic carbocycles. The van der Waals surface area contributed by atoms with Gasteiger partial charge in [-0.2, -0.15) is 5.10 Å². The lowest BCUT2D eigenvalue weighted by Crippen LogP contribution is -2.27. The number of nitrogens with one attached hydrogen (secondary N) is 2. The summed E-state index contributed by atoms with van der Waals surface area (Å²) < 4.78 is 27.7. The zero-order chi connectivity index (χ0) is 19.9. The van der Waals surface area contributed by atoms with Crippen molar-refractivity contribution < 1.29 is 8.42 Å². The molecule has 4 rings (SSSR count). The van der Waals surface area contributed by atoms with Crippen LogP contribution in [0, 0.1) is 11.3 Å². The minimum atomic E-state index is -3.80. The Morgan fingerprint density at radius 2 is 1.93 bits per heavy atom. The molecule has 0 unspecified atom stereocenters. The van der Waals surface area contributed by atoms with Gasteiger partial charge >= 0.3 is 0 Å². The topological polar surface area (TPSA) is 113 Å². The minimum Gasteiger partial charge on any atom is -0.369 e. The summed E-state index contributed by atoms with van der Waals surface area (Å²) >= 11 is 6.19. The van der Waals surface area contributed by atoms with E-state index in [0.29, 0.717) is 27.2 Å². The number of aromatic nitrogens is 1. The second kappa shape index (κ2) is 6.96. The Hall–Kier alpha value is -2.84. The van der Waals surface area contributed by atoms with Crippen LogP contribution in [0.1, 0.15) is 18.4 Å². The number of hydrogen-bond acceptors (Lipinski definition) is 4. The van der Waals surface area contributed by atoms with Gasteiger partial charge in [-0.25, -0.2) is 17.8 Å². The molecule has 9 heteroatoms. The lowest BCUT2D eigenvalue weighted by atomic mass is 10.1. The van der Waals surface area contributed by atoms with Crippen molar-refractivity contribution in [3.05, 3.63) is 65.3 Å². The molecule has 1 fully saturated rings. The van der Waals surface area contributed by atoms with Crippen molar-refractivity contribution in [2.45, 2.75) is 17.7 Å². The lowest BCUT2D eigenvalue weighted by Gasteiger charge is -2.07. The fraction of sp³-hybridized carbons (Fsp3) is 0.158. The maximum absolute atomic E-state index is 13.2. The lowest BCUT2D eigenvalue weighted by molar-refractivity contribution is 0.589. The van der Waals surface area contributed by atoms with Crippen LogP contribution in [-0.4, -0.2) is 24.1 Å². The van der Waals surface area contributed by atoms with Gasteiger partial charge in [0, 0.05) is 28.1 Å². The molecule has 0 bridgehead atoms. The summed E-state index contributed by atoms with van der Waals surface area (Å²) in [6.45, 7) is 0. The molecule has 0 radical (unpaired) electrons. The quantitative estimate of drug-likeness (QED) is 0.337. The molecular formula is C19H18ClN5O2S. The molecule has 4 N–H and O–H groups in total. The van der Waals surface area contributed by atoms with Crippen LogP contribution in [-0.2, 0) is 10.0 Å². The van der Waals surface area contributed by atoms with E-state index in [1.54, 1.807) is 54.7 Å². The van der Waals surface area contributed by atoms with E-state index in [1.807, 2.05) is 0 Å². The summed E-state index contributed by atoms with van der Waals surface area (Å²) in [6, 6.07) is 13.3. The van der Waals surface area contributed by atoms with Crippen LogP contribution in [0.2, 0.25) is 5.02 Å². The number of nitrogens with zero attached hydrogens (tertiary/aromatic N) is 2. The van der Waals surface area contributed by atoms with Crippen molar-refractivity contribution in [3.63, 3.8) is 0 Å². The number of guanidine groups is 1. The number of benzene rings is 2. The summed E-state index contributed by atoms with van der Waals surface area (Å²) in [6.07, 6.45) is 3.45. The zero-order valence-electron chi connectivity index (χ0n) is 14.8. The smallest absolute Gasteiger partial charge is 0.268 e. The summed E-state index contributed by atoms with van der Waals surface area (Å²) in [5, 5.41) is 12.8. The Kier molecular flexibility index (Phi) is 4.60. The van der Waals surface area contributed by atoms with Gasteiger partial charge in [0.25, 0.3) is 10.0 Å². The third-order valence-corrected chi connectivity index (χ3v) is 6.49. The molecule has 2 aromatic carbocycles. The van der Waals surface area contributed by atoms with Crippen molar-refractivity contribution in [2.24, 2.45) is 16.8 Å². The van der Waals surface area contributed by atoms with Gasteiger partial charge in [-0.1, -0.05) is 29.8 Å². The van der Waals surface area contributed by atoms with Crippen molar-refractivity contribution in [3.8, 4) is 0 Å². The van der Waals surface area contributed by atoms with Gasteiger partial charge in [-0.05, 0) is 43.2 Å². The molecule has 1 heterocycles. The highest BCUT2D eigenvalue weighted by Crippen LogP contribution is 2.37. The maximum Gasteiger partial charge on any atom is 0.268 e. The van der Waals surface area contributed by atoms with Crippen molar-refractivity contribution in [2.75, 3.05) is 0 Å². The van der Waals surface area contributed by atoms with Gasteiger partial charge in [0.15, 0.2) is 0 Å². The summed E-state index contributed by atoms with van der Waals surface area (Å²) in [7, 11) is -3.80. The SMILES string of the molecule is N=C(N)N/N=C(\c1cn(S(=O)(=O)c2ccccc2)c2ccc(Cl)cc12)C1CC1. The van der Waals surface area contributed by atoms with E-state index in [9.17, 15) is 8.42 Å². The predicted octanol–water partition coefficient (Wildman–Crippen LogP) is 3.13. The Bertz CT molecular complexity index is 1200. The first kappa shape index (κ1) is 18.5. The van der Waals surface area contributed by atoms with Crippen LogP contribution in [0.5, 0.6) is 0 Å². The second-order valence-electron chi connectivity index (χ2n) is 6.61. The molecule has 7 nitrogen and oxygen atoms in total. The van der Waals surface area contributed by atoms with Crippen LogP contribution in [0.15, 0.2) is 64.7 Å². The molecule has 1 aromatic heterocycles. The number of rotatable bonds is 5. The molecule has 144 valence electrons. The third-order valence-electron chi connectivity index (χ3n) is 4.57. The van der Waals surface area contributed by atoms with Crippen LogP contribution < -0.4 is 11.2 Å². The normalized spacial score (nSPS) is 15.0. The van der Waals surface area contributed by atoms with E-state index in [-0.39, 0.29) is 16.8 Å². The Labute approximate surface area is 167 Å². The molecule has 3 aromatic rings. The predicted molar refractivity (Wildman–Crippen MR) is 110 cm³/mol. The molecule has 0 saturated heterocycles. The Morgan fingerprint density at radius 3 is 2.57 bits per heavy atom. The van der Waals surface area contributed by atoms with Gasteiger partial charge in [0.05, 0.1) is 16.1 Å². The number of hydrazone groups is 1. The molecule has 28 heavy (non-hydrogen) atoms. The average Bonchev–Trinajstić information content (AvgIpc) is 3.44. The highest BCUT2D eigenvalue weighted by atomic mass is 35.5. The fourth-order valence-electron chi connectivity index (χ4n) is 3.13. The highest BCUT2D eigenvalue weighted by Gasteiger charge is 2.32. The van der Waals surface area contributed by atoms with Crippen LogP contribution in [0.4, 0.5) is 0 Å². The van der Waals surface area contributed by atoms with Gasteiger partial charge < -0.3 is 5.73 Å². The van der Waals surface area contributed by atoms with E-state index < -0.39 is 10.0 Å². The Morgan fingerprint density at radius 1 is 1.21 bits per heavy atom. The van der Waals surface area contributed by atoms with Gasteiger partial charge in [0.1, 0.15) is 0 Å². The first-order valence-electron chi connectivity index (χ1n) is 8.67. The number of halogens is 1. The van der Waals surface area contributed by atoms with Crippen LogP contribution in [0.3, 0.4) is 0 Å². The monoisotopic (exact) mass is 415 g/mol. The zero-order valence-corrected chi connectivity index (χ0v) is 16.3. The molecular weight excluding hydrogens is 398 g/mol. The van der Waals surface area contributed by atoms with E-state index >= 15 is 0 Å². The van der Waals surface area contributed by atoms with E-state index in [4.69, 9.17) is 22.7 Å².